The molecule has 0 aliphatic carbocycles. The van der Waals surface area contributed by atoms with E-state index in [9.17, 15) is 13.2 Å². The molecule has 3 rings (SSSR count). The van der Waals surface area contributed by atoms with Crippen molar-refractivity contribution in [3.05, 3.63) is 24.3 Å². The van der Waals surface area contributed by atoms with Crippen LogP contribution in [-0.4, -0.2) is 50.7 Å². The lowest BCUT2D eigenvalue weighted by molar-refractivity contribution is -0.131. The second-order valence-corrected chi connectivity index (χ2v) is 9.11. The zero-order valence-corrected chi connectivity index (χ0v) is 16.3. The number of amides is 1. The van der Waals surface area contributed by atoms with Crippen molar-refractivity contribution in [2.45, 2.75) is 51.5 Å². The van der Waals surface area contributed by atoms with Crippen LogP contribution >= 0.6 is 0 Å². The lowest BCUT2D eigenvalue weighted by atomic mass is 10.0. The fourth-order valence-electron chi connectivity index (χ4n) is 3.82. The number of carbonyl (C=O) groups excluding carboxylic acids is 1. The summed E-state index contributed by atoms with van der Waals surface area (Å²) in [6.07, 6.45) is 6.66. The minimum atomic E-state index is -3.70. The Morgan fingerprint density at radius 2 is 1.69 bits per heavy atom. The van der Waals surface area contributed by atoms with Crippen molar-refractivity contribution >= 4 is 27.3 Å². The van der Waals surface area contributed by atoms with E-state index in [0.717, 1.165) is 38.0 Å². The Morgan fingerprint density at radius 3 is 2.35 bits per heavy atom. The maximum absolute atomic E-state index is 12.4. The number of anilines is 2. The van der Waals surface area contributed by atoms with Gasteiger partial charge in [-0.3, -0.25) is 9.52 Å². The maximum atomic E-state index is 12.4. The van der Waals surface area contributed by atoms with E-state index in [2.05, 4.69) is 9.62 Å². The number of nitrogens with zero attached hydrogens (tertiary/aromatic N) is 2. The van der Waals surface area contributed by atoms with Crippen molar-refractivity contribution < 1.29 is 13.2 Å². The van der Waals surface area contributed by atoms with Crippen LogP contribution in [0.15, 0.2) is 24.3 Å². The van der Waals surface area contributed by atoms with Gasteiger partial charge in [0.15, 0.2) is 0 Å². The molecule has 0 saturated carbocycles. The first-order valence-corrected chi connectivity index (χ1v) is 11.2. The van der Waals surface area contributed by atoms with E-state index in [4.69, 9.17) is 0 Å². The summed E-state index contributed by atoms with van der Waals surface area (Å²) in [6.45, 7) is 4.73. The van der Waals surface area contributed by atoms with Gasteiger partial charge in [0.1, 0.15) is 5.75 Å². The van der Waals surface area contributed by atoms with E-state index in [0.29, 0.717) is 12.2 Å². The van der Waals surface area contributed by atoms with Crippen molar-refractivity contribution in [1.82, 2.24) is 4.90 Å². The topological polar surface area (TPSA) is 69.7 Å². The zero-order valence-electron chi connectivity index (χ0n) is 15.5. The fraction of sp³-hybridized carbons (Fsp3) is 0.632. The summed E-state index contributed by atoms with van der Waals surface area (Å²) in [4.78, 5) is 16.4. The van der Waals surface area contributed by atoms with Crippen LogP contribution < -0.4 is 9.62 Å². The van der Waals surface area contributed by atoms with Gasteiger partial charge >= 0.3 is 0 Å². The molecule has 144 valence electrons. The average Bonchev–Trinajstić information content (AvgIpc) is 2.62. The molecule has 0 spiro atoms. The zero-order chi connectivity index (χ0) is 18.6. The molecule has 0 unspecified atom stereocenters. The van der Waals surface area contributed by atoms with Crippen LogP contribution in [0.3, 0.4) is 0 Å². The molecule has 2 aliphatic heterocycles. The van der Waals surface area contributed by atoms with Gasteiger partial charge in [-0.25, -0.2) is 8.42 Å². The molecule has 1 N–H and O–H groups in total. The summed E-state index contributed by atoms with van der Waals surface area (Å²) < 4.78 is 27.3. The number of nitrogens with one attached hydrogen (secondary N) is 1. The van der Waals surface area contributed by atoms with Crippen molar-refractivity contribution in [2.75, 3.05) is 35.0 Å². The van der Waals surface area contributed by atoms with Crippen molar-refractivity contribution in [2.24, 2.45) is 0 Å². The summed E-state index contributed by atoms with van der Waals surface area (Å²) in [5, 5.41) is 0. The molecule has 0 radical (unpaired) electrons. The Kier molecular flexibility index (Phi) is 6.06. The van der Waals surface area contributed by atoms with Crippen molar-refractivity contribution in [1.29, 1.82) is 0 Å². The number of sulfonamides is 1. The number of piperidine rings is 2. The van der Waals surface area contributed by atoms with Gasteiger partial charge in [0.05, 0.1) is 0 Å². The Bertz CT molecular complexity index is 712. The molecule has 1 atom stereocenters. The molecule has 1 aromatic carbocycles. The first kappa shape index (κ1) is 19.0. The molecule has 0 bridgehead atoms. The van der Waals surface area contributed by atoms with E-state index >= 15 is 0 Å². The molecular formula is C19H29N3O3S. The first-order chi connectivity index (χ1) is 12.4. The van der Waals surface area contributed by atoms with Gasteiger partial charge in [0.25, 0.3) is 0 Å². The minimum absolute atomic E-state index is 0.121. The highest BCUT2D eigenvalue weighted by atomic mass is 32.2. The molecule has 7 heteroatoms. The van der Waals surface area contributed by atoms with Crippen LogP contribution in [0.4, 0.5) is 11.4 Å². The highest BCUT2D eigenvalue weighted by molar-refractivity contribution is 7.93. The molecule has 1 aromatic rings. The van der Waals surface area contributed by atoms with Gasteiger partial charge in [0, 0.05) is 37.1 Å². The summed E-state index contributed by atoms with van der Waals surface area (Å²) in [7, 11) is -3.70. The summed E-state index contributed by atoms with van der Waals surface area (Å²) in [5.41, 5.74) is 1.62. The highest BCUT2D eigenvalue weighted by Gasteiger charge is 2.27. The molecule has 6 nitrogen and oxygen atoms in total. The van der Waals surface area contributed by atoms with Gasteiger partial charge in [-0.2, -0.15) is 0 Å². The molecule has 1 amide bonds. The maximum Gasteiger partial charge on any atom is 0.241 e. The predicted molar refractivity (Wildman–Crippen MR) is 105 cm³/mol. The lowest BCUT2D eigenvalue weighted by Crippen LogP contribution is -2.45. The number of likely N-dealkylation sites (tertiary alicyclic amines) is 1. The van der Waals surface area contributed by atoms with Crippen LogP contribution in [0, 0.1) is 0 Å². The summed E-state index contributed by atoms with van der Waals surface area (Å²) in [5.74, 6) is -0.805. The number of benzene rings is 1. The Morgan fingerprint density at radius 1 is 1.04 bits per heavy atom. The van der Waals surface area contributed by atoms with Gasteiger partial charge in [0.2, 0.25) is 15.9 Å². The number of carbonyl (C=O) groups is 1. The van der Waals surface area contributed by atoms with Gasteiger partial charge in [-0.1, -0.05) is 0 Å². The Hall–Kier alpha value is -1.76. The van der Waals surface area contributed by atoms with Gasteiger partial charge in [-0.15, -0.1) is 0 Å². The van der Waals surface area contributed by atoms with Crippen LogP contribution in [-0.2, 0) is 14.8 Å². The molecule has 26 heavy (non-hydrogen) atoms. The van der Waals surface area contributed by atoms with E-state index in [1.807, 2.05) is 19.1 Å². The second kappa shape index (κ2) is 8.29. The molecule has 0 aromatic heterocycles. The van der Waals surface area contributed by atoms with E-state index in [1.165, 1.54) is 19.3 Å². The highest BCUT2D eigenvalue weighted by Crippen LogP contribution is 2.22. The molecule has 2 fully saturated rings. The first-order valence-electron chi connectivity index (χ1n) is 9.59. The molecular weight excluding hydrogens is 350 g/mol. The smallest absolute Gasteiger partial charge is 0.241 e. The summed E-state index contributed by atoms with van der Waals surface area (Å²) in [6, 6.07) is 7.55. The third-order valence-corrected chi connectivity index (χ3v) is 6.47. The van der Waals surface area contributed by atoms with Crippen molar-refractivity contribution in [3.63, 3.8) is 0 Å². The summed E-state index contributed by atoms with van der Waals surface area (Å²) >= 11 is 0. The predicted octanol–water partition coefficient (Wildman–Crippen LogP) is 2.82. The Balaban J connectivity index is 1.59. The third kappa shape index (κ3) is 4.90. The second-order valence-electron chi connectivity index (χ2n) is 7.39. The number of hydrogen-bond donors (Lipinski definition) is 1. The normalized spacial score (nSPS) is 21.5. The SMILES string of the molecule is C[C@@H]1CCCCN1C(=O)CS(=O)(=O)Nc1ccc(N2CCCCC2)cc1. The van der Waals surface area contributed by atoms with Crippen LogP contribution in [0.1, 0.15) is 45.4 Å². The Labute approximate surface area is 156 Å². The van der Waals surface area contributed by atoms with Gasteiger partial charge < -0.3 is 9.80 Å². The van der Waals surface area contributed by atoms with Crippen LogP contribution in [0.25, 0.3) is 0 Å². The van der Waals surface area contributed by atoms with E-state index < -0.39 is 15.8 Å². The minimum Gasteiger partial charge on any atom is -0.372 e. The quantitative estimate of drug-likeness (QED) is 0.854. The van der Waals surface area contributed by atoms with E-state index in [1.54, 1.807) is 17.0 Å². The molecule has 2 saturated heterocycles. The largest absolute Gasteiger partial charge is 0.372 e. The van der Waals surface area contributed by atoms with Crippen LogP contribution in [0.2, 0.25) is 0 Å². The lowest BCUT2D eigenvalue weighted by Gasteiger charge is -2.33. The van der Waals surface area contributed by atoms with Crippen molar-refractivity contribution in [3.8, 4) is 0 Å². The number of hydrogen-bond acceptors (Lipinski definition) is 4. The third-order valence-electron chi connectivity index (χ3n) is 5.30. The fourth-order valence-corrected chi connectivity index (χ4v) is 4.88. The van der Waals surface area contributed by atoms with E-state index in [-0.39, 0.29) is 11.9 Å². The van der Waals surface area contributed by atoms with Gasteiger partial charge in [-0.05, 0) is 69.7 Å². The number of rotatable bonds is 5. The van der Waals surface area contributed by atoms with Crippen LogP contribution in [0.5, 0.6) is 0 Å². The monoisotopic (exact) mass is 379 g/mol. The average molecular weight is 380 g/mol. The standard InChI is InChI=1S/C19H29N3O3S/c1-16-7-3-6-14-22(16)19(23)15-26(24,25)20-17-8-10-18(11-9-17)21-12-4-2-5-13-21/h8-11,16,20H,2-7,12-15H2,1H3/t16-/m1/s1. The molecule has 2 heterocycles. The molecule has 2 aliphatic rings.